The first-order valence-corrected chi connectivity index (χ1v) is 12.2. The van der Waals surface area contributed by atoms with Gasteiger partial charge in [0.2, 0.25) is 0 Å². The fraction of sp³-hybridized carbons (Fsp3) is 0.560. The maximum absolute atomic E-state index is 12.9. The van der Waals surface area contributed by atoms with Crippen molar-refractivity contribution < 1.29 is 28.2 Å². The van der Waals surface area contributed by atoms with Crippen LogP contribution in [0, 0.1) is 28.6 Å². The molecule has 1 aliphatic rings. The van der Waals surface area contributed by atoms with E-state index >= 15 is 0 Å². The summed E-state index contributed by atoms with van der Waals surface area (Å²) < 4.78 is 35.7. The van der Waals surface area contributed by atoms with Gasteiger partial charge in [-0.05, 0) is 48.3 Å². The molecule has 1 aliphatic heterocycles. The number of hydrogen-bond donors (Lipinski definition) is 1. The zero-order valence-corrected chi connectivity index (χ0v) is 21.4. The number of carboxylic acid groups (broad SMARTS) is 1. The minimum absolute atomic E-state index is 0.0327. The smallest absolute Gasteiger partial charge is 0.387 e. The van der Waals surface area contributed by atoms with Gasteiger partial charge in [-0.3, -0.25) is 9.69 Å². The van der Waals surface area contributed by atoms with Gasteiger partial charge in [-0.15, -0.1) is 11.3 Å². The second kappa shape index (κ2) is 13.5. The molecule has 1 aromatic heterocycles. The Morgan fingerprint density at radius 1 is 1.37 bits per heavy atom. The van der Waals surface area contributed by atoms with Crippen LogP contribution in [0.2, 0.25) is 0 Å². The summed E-state index contributed by atoms with van der Waals surface area (Å²) in [5.41, 5.74) is 1.02. The molecule has 1 fully saturated rings. The molecule has 0 saturated carbocycles. The van der Waals surface area contributed by atoms with Crippen LogP contribution in [0.3, 0.4) is 0 Å². The van der Waals surface area contributed by atoms with Crippen LogP contribution in [0.1, 0.15) is 44.1 Å². The van der Waals surface area contributed by atoms with Gasteiger partial charge in [0.05, 0.1) is 17.2 Å². The summed E-state index contributed by atoms with van der Waals surface area (Å²) in [6.45, 7) is 7.26. The van der Waals surface area contributed by atoms with Gasteiger partial charge < -0.3 is 14.6 Å². The van der Waals surface area contributed by atoms with Crippen molar-refractivity contribution >= 4 is 17.8 Å². The van der Waals surface area contributed by atoms with E-state index < -0.39 is 6.61 Å². The number of ether oxygens (including phenoxy) is 2. The molecule has 2 aromatic rings. The molecule has 1 aromatic carbocycles. The predicted molar refractivity (Wildman–Crippen MR) is 130 cm³/mol. The van der Waals surface area contributed by atoms with Crippen molar-refractivity contribution in [2.24, 2.45) is 17.3 Å². The number of likely N-dealkylation sites (tertiary alicyclic amines) is 1. The zero-order valence-electron chi connectivity index (χ0n) is 20.5. The number of nitriles is 1. The number of rotatable bonds is 8. The van der Waals surface area contributed by atoms with Gasteiger partial charge >= 0.3 is 6.61 Å². The highest BCUT2D eigenvalue weighted by Crippen LogP contribution is 2.39. The van der Waals surface area contributed by atoms with Crippen LogP contribution in [0.5, 0.6) is 5.75 Å². The van der Waals surface area contributed by atoms with Crippen molar-refractivity contribution in [2.75, 3.05) is 26.8 Å². The minimum atomic E-state index is -2.94. The first-order chi connectivity index (χ1) is 16.6. The number of nitrogens with zero attached hydrogens (tertiary/aromatic N) is 3. The maximum Gasteiger partial charge on any atom is 0.387 e. The number of methoxy groups -OCH3 is 1. The average Bonchev–Trinajstić information content (AvgIpc) is 3.25. The quantitative estimate of drug-likeness (QED) is 0.469. The van der Waals surface area contributed by atoms with Crippen LogP contribution in [0.15, 0.2) is 24.4 Å². The number of piperidine rings is 1. The molecule has 3 rings (SSSR count). The number of thiazole rings is 1. The summed E-state index contributed by atoms with van der Waals surface area (Å²) in [7, 11) is 1.74. The van der Waals surface area contributed by atoms with Crippen LogP contribution in [0.25, 0.3) is 10.6 Å². The van der Waals surface area contributed by atoms with Gasteiger partial charge in [-0.25, -0.2) is 4.98 Å². The third kappa shape index (κ3) is 8.84. The van der Waals surface area contributed by atoms with E-state index in [0.29, 0.717) is 28.0 Å². The Balaban J connectivity index is 0.00000137. The van der Waals surface area contributed by atoms with Crippen LogP contribution in [-0.2, 0) is 16.1 Å². The summed E-state index contributed by atoms with van der Waals surface area (Å²) in [5.74, 6) is 1.20. The highest BCUT2D eigenvalue weighted by Gasteiger charge is 2.34. The Labute approximate surface area is 209 Å². The SMILES string of the molecule is COCCC1CC(C(C)(C)C)CN(Cc2cnc(-c3cc(C#N)ccc3OC(F)F)s2)C1.O=CO. The lowest BCUT2D eigenvalue weighted by molar-refractivity contribution is -0.122. The van der Waals surface area contributed by atoms with Gasteiger partial charge in [-0.2, -0.15) is 14.0 Å². The van der Waals surface area contributed by atoms with Crippen LogP contribution < -0.4 is 4.74 Å². The molecule has 1 N–H and O–H groups in total. The highest BCUT2D eigenvalue weighted by molar-refractivity contribution is 7.15. The Morgan fingerprint density at radius 2 is 2.09 bits per heavy atom. The monoisotopic (exact) mass is 509 g/mol. The van der Waals surface area contributed by atoms with Crippen LogP contribution in [-0.4, -0.2) is 54.9 Å². The van der Waals surface area contributed by atoms with Gasteiger partial charge in [0, 0.05) is 44.4 Å². The molecule has 0 amide bonds. The maximum atomic E-state index is 12.9. The van der Waals surface area contributed by atoms with Crippen molar-refractivity contribution in [2.45, 2.75) is 46.8 Å². The van der Waals surface area contributed by atoms with E-state index in [1.54, 1.807) is 19.4 Å². The van der Waals surface area contributed by atoms with E-state index in [0.717, 1.165) is 37.5 Å². The molecule has 0 radical (unpaired) electrons. The Bertz CT molecular complexity index is 988. The molecule has 2 unspecified atom stereocenters. The Morgan fingerprint density at radius 3 is 2.69 bits per heavy atom. The number of benzene rings is 1. The highest BCUT2D eigenvalue weighted by atomic mass is 32.1. The fourth-order valence-electron chi connectivity index (χ4n) is 4.24. The number of halogens is 2. The molecule has 0 bridgehead atoms. The molecule has 35 heavy (non-hydrogen) atoms. The molecular weight excluding hydrogens is 476 g/mol. The normalized spacial score (nSPS) is 18.5. The molecule has 2 atom stereocenters. The molecule has 192 valence electrons. The number of aromatic nitrogens is 1. The van der Waals surface area contributed by atoms with Gasteiger partial charge in [-0.1, -0.05) is 20.8 Å². The topological polar surface area (TPSA) is 95.7 Å². The van der Waals surface area contributed by atoms with E-state index in [1.165, 1.54) is 29.9 Å². The van der Waals surface area contributed by atoms with Crippen molar-refractivity contribution in [3.8, 4) is 22.4 Å². The van der Waals surface area contributed by atoms with Crippen molar-refractivity contribution in [1.29, 1.82) is 5.26 Å². The Hall–Kier alpha value is -2.61. The molecule has 0 aliphatic carbocycles. The third-order valence-corrected chi connectivity index (χ3v) is 7.07. The molecule has 7 nitrogen and oxygen atoms in total. The standard InChI is InChI=1S/C24H31F2N3O2S.CH2O2/c1-24(2,3)18-9-17(7-8-30-4)13-29(14-18)15-19-12-28-22(32-19)20-10-16(11-27)5-6-21(20)31-23(25)26;2-1-3/h5-6,10,12,17-18,23H,7-9,13-15H2,1-4H3;1H,(H,2,3). The Kier molecular flexibility index (Phi) is 11.0. The van der Waals surface area contributed by atoms with Crippen molar-refractivity contribution in [3.05, 3.63) is 34.8 Å². The first kappa shape index (κ1) is 28.6. The molecule has 10 heteroatoms. The lowest BCUT2D eigenvalue weighted by Gasteiger charge is -2.43. The predicted octanol–water partition coefficient (Wildman–Crippen LogP) is 5.50. The van der Waals surface area contributed by atoms with Crippen LogP contribution >= 0.6 is 11.3 Å². The lowest BCUT2D eigenvalue weighted by Crippen LogP contribution is -2.44. The fourth-order valence-corrected chi connectivity index (χ4v) is 5.22. The lowest BCUT2D eigenvalue weighted by atomic mass is 9.73. The summed E-state index contributed by atoms with van der Waals surface area (Å²) >= 11 is 1.46. The summed E-state index contributed by atoms with van der Waals surface area (Å²) in [5, 5.41) is 16.7. The first-order valence-electron chi connectivity index (χ1n) is 11.3. The van der Waals surface area contributed by atoms with Crippen molar-refractivity contribution in [1.82, 2.24) is 9.88 Å². The number of carbonyl (C=O) groups is 1. The summed E-state index contributed by atoms with van der Waals surface area (Å²) in [4.78, 5) is 16.4. The second-order valence-electron chi connectivity index (χ2n) is 9.58. The minimum Gasteiger partial charge on any atom is -0.483 e. The van der Waals surface area contributed by atoms with Crippen molar-refractivity contribution in [3.63, 3.8) is 0 Å². The van der Waals surface area contributed by atoms with Crippen LogP contribution in [0.4, 0.5) is 8.78 Å². The summed E-state index contributed by atoms with van der Waals surface area (Å²) in [6.07, 6.45) is 4.05. The number of alkyl halides is 2. The van der Waals surface area contributed by atoms with E-state index in [-0.39, 0.29) is 17.6 Å². The second-order valence-corrected chi connectivity index (χ2v) is 10.7. The van der Waals surface area contributed by atoms with Gasteiger partial charge in [0.15, 0.2) is 0 Å². The van der Waals surface area contributed by atoms with E-state index in [2.05, 4.69) is 35.4 Å². The van der Waals surface area contributed by atoms with Gasteiger partial charge in [0.1, 0.15) is 10.8 Å². The molecule has 1 saturated heterocycles. The molecule has 2 heterocycles. The zero-order chi connectivity index (χ0) is 26.0. The average molecular weight is 510 g/mol. The molecular formula is C25H33F2N3O4S. The van der Waals surface area contributed by atoms with E-state index in [1.807, 2.05) is 6.07 Å². The molecule has 0 spiro atoms. The van der Waals surface area contributed by atoms with Gasteiger partial charge in [0.25, 0.3) is 6.47 Å². The third-order valence-electron chi connectivity index (χ3n) is 6.06. The van der Waals surface area contributed by atoms with E-state index in [4.69, 9.17) is 14.6 Å². The van der Waals surface area contributed by atoms with E-state index in [9.17, 15) is 14.0 Å². The largest absolute Gasteiger partial charge is 0.483 e. The number of hydrogen-bond acceptors (Lipinski definition) is 7. The summed E-state index contributed by atoms with van der Waals surface area (Å²) in [6, 6.07) is 6.47.